The first-order valence-electron chi connectivity index (χ1n) is 15.0. The van der Waals surface area contributed by atoms with E-state index in [4.69, 9.17) is 14.3 Å². The van der Waals surface area contributed by atoms with Crippen molar-refractivity contribution in [2.24, 2.45) is 5.92 Å². The van der Waals surface area contributed by atoms with Crippen molar-refractivity contribution >= 4 is 33.0 Å². The molecule has 2 aromatic carbocycles. The third kappa shape index (κ3) is 13.2. The number of hydrogen-bond donors (Lipinski definition) is 2. The Morgan fingerprint density at radius 1 is 0.872 bits per heavy atom. The largest absolute Gasteiger partial charge is 0.522 e. The predicted octanol–water partition coefficient (Wildman–Crippen LogP) is 5.01. The molecule has 12 nitrogen and oxygen atoms in total. The van der Waals surface area contributed by atoms with E-state index in [-0.39, 0.29) is 32.2 Å². The second-order valence-electron chi connectivity index (χ2n) is 11.7. The summed E-state index contributed by atoms with van der Waals surface area (Å²) >= 11 is 0. The summed E-state index contributed by atoms with van der Waals surface area (Å²) in [4.78, 5) is 58.9. The molecule has 1 radical (unpaired) electrons. The number of carbonyl (C=O) groups excluding carboxylic acids is 4. The molecule has 16 heteroatoms. The maximum absolute atomic E-state index is 13.4. The molecule has 0 saturated heterocycles. The Morgan fingerprint density at radius 3 is 1.98 bits per heavy atom. The average molecular weight is 682 g/mol. The fraction of sp³-hybridized carbons (Fsp3) is 0.484. The first-order valence-corrected chi connectivity index (χ1v) is 16.8. The molecule has 1 aliphatic rings. The predicted molar refractivity (Wildman–Crippen MR) is 164 cm³/mol. The van der Waals surface area contributed by atoms with Crippen LogP contribution >= 0.6 is 0 Å². The zero-order chi connectivity index (χ0) is 34.6. The zero-order valence-electron chi connectivity index (χ0n) is 26.7. The summed E-state index contributed by atoms with van der Waals surface area (Å²) in [5.41, 5.74) is 5.00. The summed E-state index contributed by atoms with van der Waals surface area (Å²) in [6, 6.07) is 18.6. The molecule has 1 aliphatic carbocycles. The van der Waals surface area contributed by atoms with Gasteiger partial charge in [0.25, 0.3) is 5.91 Å². The molecule has 1 saturated carbocycles. The Labute approximate surface area is 273 Å². The van der Waals surface area contributed by atoms with Crippen molar-refractivity contribution in [3.63, 3.8) is 0 Å². The van der Waals surface area contributed by atoms with Gasteiger partial charge in [-0.15, -0.1) is 13.2 Å². The third-order valence-corrected chi connectivity index (χ3v) is 9.17. The minimum Gasteiger partial charge on any atom is -0.444 e. The van der Waals surface area contributed by atoms with Gasteiger partial charge in [-0.05, 0) is 50.8 Å². The molecule has 2 aromatic rings. The number of hydroxylamine groups is 1. The number of hydrogen-bond acceptors (Lipinski definition) is 8. The maximum atomic E-state index is 13.4. The number of rotatable bonds is 13. The van der Waals surface area contributed by atoms with Crippen LogP contribution < -0.4 is 10.9 Å². The lowest BCUT2D eigenvalue weighted by molar-refractivity contribution is -0.353. The molecule has 47 heavy (non-hydrogen) atoms. The third-order valence-electron chi connectivity index (χ3n) is 6.72. The molecule has 0 aromatic heterocycles. The molecule has 2 N–H and O–H groups in total. The molecule has 257 valence electrons. The van der Waals surface area contributed by atoms with Gasteiger partial charge in [0.1, 0.15) is 18.8 Å². The van der Waals surface area contributed by atoms with Crippen molar-refractivity contribution in [3.8, 4) is 0 Å². The van der Waals surface area contributed by atoms with Crippen LogP contribution in [0.5, 0.6) is 0 Å². The smallest absolute Gasteiger partial charge is 0.444 e. The first-order chi connectivity index (χ1) is 22.1. The number of carbonyl (C=O) groups is 4. The van der Waals surface area contributed by atoms with Crippen LogP contribution in [-0.4, -0.2) is 73.4 Å². The van der Waals surface area contributed by atoms with Gasteiger partial charge in [-0.3, -0.25) is 34.9 Å². The van der Waals surface area contributed by atoms with Crippen LogP contribution in [0.2, 0.25) is 6.04 Å². The van der Waals surface area contributed by atoms with Gasteiger partial charge < -0.3 is 9.47 Å². The van der Waals surface area contributed by atoms with Gasteiger partial charge in [0, 0.05) is 12.1 Å². The van der Waals surface area contributed by atoms with E-state index in [1.807, 2.05) is 48.5 Å². The van der Waals surface area contributed by atoms with Crippen LogP contribution in [0.4, 0.5) is 22.8 Å². The lowest BCUT2D eigenvalue weighted by Gasteiger charge is -2.34. The van der Waals surface area contributed by atoms with Gasteiger partial charge >= 0.3 is 18.5 Å². The Hall–Kier alpha value is -4.15. The van der Waals surface area contributed by atoms with E-state index in [0.717, 1.165) is 20.8 Å². The highest BCUT2D eigenvalue weighted by molar-refractivity contribution is 6.58. The summed E-state index contributed by atoms with van der Waals surface area (Å²) < 4.78 is 53.2. The van der Waals surface area contributed by atoms with E-state index in [1.165, 1.54) is 0 Å². The van der Waals surface area contributed by atoms with E-state index in [1.54, 1.807) is 39.8 Å². The Morgan fingerprint density at radius 2 is 1.45 bits per heavy atom. The highest BCUT2D eigenvalue weighted by Gasteiger charge is 2.43. The number of alkyl halides is 3. The number of nitrogens with one attached hydrogen (secondary N) is 2. The lowest BCUT2D eigenvalue weighted by atomic mass is 9.82. The van der Waals surface area contributed by atoms with Gasteiger partial charge in [0.15, 0.2) is 0 Å². The van der Waals surface area contributed by atoms with Crippen LogP contribution in [0.3, 0.4) is 0 Å². The van der Waals surface area contributed by atoms with E-state index < -0.39 is 63.5 Å². The van der Waals surface area contributed by atoms with Crippen LogP contribution in [-0.2, 0) is 41.9 Å². The molecule has 0 spiro atoms. The van der Waals surface area contributed by atoms with Gasteiger partial charge in [-0.2, -0.15) is 0 Å². The minimum absolute atomic E-state index is 0.0221. The molecule has 3 rings (SSSR count). The number of amides is 4. The highest BCUT2D eigenvalue weighted by atomic mass is 28.3. The first kappa shape index (κ1) is 37.3. The molecule has 0 aliphatic heterocycles. The number of halogens is 3. The Kier molecular flexibility index (Phi) is 13.6. The number of benzene rings is 2. The van der Waals surface area contributed by atoms with Gasteiger partial charge in [-0.1, -0.05) is 67.6 Å². The summed E-state index contributed by atoms with van der Waals surface area (Å²) in [5, 5.41) is 0. The van der Waals surface area contributed by atoms with Gasteiger partial charge in [0.05, 0.1) is 12.7 Å². The van der Waals surface area contributed by atoms with Gasteiger partial charge in [0.2, 0.25) is 14.9 Å². The lowest BCUT2D eigenvalue weighted by Crippen LogP contribution is -2.56. The molecular weight excluding hydrogens is 641 g/mol. The molecule has 0 unspecified atom stereocenters. The number of nitrogens with zero attached hydrogens (tertiary/aromatic N) is 2. The number of ether oxygens (including phenoxy) is 3. The Balaban J connectivity index is 1.69. The van der Waals surface area contributed by atoms with Gasteiger partial charge in [-0.25, -0.2) is 14.3 Å². The molecule has 0 atom stereocenters. The highest BCUT2D eigenvalue weighted by Crippen LogP contribution is 2.34. The van der Waals surface area contributed by atoms with E-state index in [9.17, 15) is 32.3 Å². The Bertz CT molecular complexity index is 1330. The van der Waals surface area contributed by atoms with Crippen LogP contribution in [0.25, 0.3) is 0 Å². The second-order valence-corrected chi connectivity index (χ2v) is 14.3. The summed E-state index contributed by atoms with van der Waals surface area (Å²) in [6.45, 7) is 6.20. The molecular formula is C31H40F3N4O8Si. The van der Waals surface area contributed by atoms with E-state index >= 15 is 0 Å². The molecule has 0 heterocycles. The molecule has 0 bridgehead atoms. The van der Waals surface area contributed by atoms with Crippen LogP contribution in [0, 0.1) is 5.92 Å². The zero-order valence-corrected chi connectivity index (χ0v) is 27.7. The van der Waals surface area contributed by atoms with E-state index in [2.05, 4.69) is 15.6 Å². The molecule has 1 fully saturated rings. The topological polar surface area (TPSA) is 136 Å². The van der Waals surface area contributed by atoms with Crippen LogP contribution in [0.1, 0.15) is 51.7 Å². The quantitative estimate of drug-likeness (QED) is 0.223. The van der Waals surface area contributed by atoms with Crippen molar-refractivity contribution in [2.75, 3.05) is 12.7 Å². The fourth-order valence-electron chi connectivity index (χ4n) is 4.33. The standard InChI is InChI=1S/C31H40F3N4O8Si/c1-5-47(38(44-20-23-14-10-7-11-15-23)29(42)43-19-22-12-8-6-9-13-22)21-37(28(41)46-30(2,3)4)18-26(39)35-36-27(40)24-16-25(17-24)45-31(32,33)34/h6-15,24-25H,5,16-21H2,1-4H3,(H,35,39)(H,36,40). The van der Waals surface area contributed by atoms with Crippen molar-refractivity contribution < 1.29 is 51.4 Å². The average Bonchev–Trinajstić information content (AvgIpc) is 2.99. The summed E-state index contributed by atoms with van der Waals surface area (Å²) in [6.07, 6.45) is -7.99. The number of hydrazine groups is 1. The maximum Gasteiger partial charge on any atom is 0.522 e. The van der Waals surface area contributed by atoms with Crippen molar-refractivity contribution in [1.29, 1.82) is 0 Å². The summed E-state index contributed by atoms with van der Waals surface area (Å²) in [7, 11) is -2.11. The van der Waals surface area contributed by atoms with E-state index in [0.29, 0.717) is 6.04 Å². The molecule has 4 amide bonds. The fourth-order valence-corrected chi connectivity index (χ4v) is 6.22. The second kappa shape index (κ2) is 17.1. The monoisotopic (exact) mass is 681 g/mol. The van der Waals surface area contributed by atoms with Crippen LogP contribution in [0.15, 0.2) is 60.7 Å². The normalized spacial score (nSPS) is 16.1. The SMILES string of the molecule is CC[Si](CN(CC(=O)NNC(=O)C1CC(OC(F)(F)F)C1)C(=O)OC(C)(C)C)N(OCc1ccccc1)C(=O)OCc1ccccc1. The van der Waals surface area contributed by atoms with Crippen molar-refractivity contribution in [2.45, 2.75) is 77.9 Å². The van der Waals surface area contributed by atoms with Crippen molar-refractivity contribution in [3.05, 3.63) is 71.8 Å². The minimum atomic E-state index is -4.80. The van der Waals surface area contributed by atoms with Crippen molar-refractivity contribution in [1.82, 2.24) is 20.5 Å². The summed E-state index contributed by atoms with van der Waals surface area (Å²) in [5.74, 6) is -2.27.